The lowest BCUT2D eigenvalue weighted by Gasteiger charge is -2.26. The van der Waals surface area contributed by atoms with E-state index in [0.29, 0.717) is 18.0 Å². The fourth-order valence-corrected chi connectivity index (χ4v) is 3.99. The lowest BCUT2D eigenvalue weighted by atomic mass is 9.95. The second-order valence-electron chi connectivity index (χ2n) is 8.29. The minimum Gasteiger partial charge on any atom is -0.494 e. The summed E-state index contributed by atoms with van der Waals surface area (Å²) in [6, 6.07) is 9.02. The fourth-order valence-electron chi connectivity index (χ4n) is 3.99. The number of aromatic nitrogens is 1. The monoisotopic (exact) mass is 460 g/mol. The molecule has 0 aliphatic carbocycles. The molecule has 1 aliphatic heterocycles. The van der Waals surface area contributed by atoms with E-state index in [-0.39, 0.29) is 23.0 Å². The Hall–Kier alpha value is -3.98. The second-order valence-corrected chi connectivity index (χ2v) is 8.29. The van der Waals surface area contributed by atoms with Gasteiger partial charge in [-0.2, -0.15) is 10.5 Å². The number of ether oxygens (including phenoxy) is 1. The van der Waals surface area contributed by atoms with E-state index in [1.165, 1.54) is 44.9 Å². The number of nitrogens with two attached hydrogens (primary N) is 2. The minimum absolute atomic E-state index is 0.0212. The van der Waals surface area contributed by atoms with Crippen LogP contribution in [0.1, 0.15) is 81.0 Å². The molecule has 2 aromatic rings. The van der Waals surface area contributed by atoms with Crippen LogP contribution in [0.5, 0.6) is 5.75 Å². The van der Waals surface area contributed by atoms with Crippen molar-refractivity contribution in [2.75, 3.05) is 23.4 Å². The molecule has 0 fully saturated rings. The van der Waals surface area contributed by atoms with Crippen molar-refractivity contribution >= 4 is 23.3 Å². The molecule has 178 valence electrons. The molecule has 34 heavy (non-hydrogen) atoms. The first kappa shape index (κ1) is 24.7. The van der Waals surface area contributed by atoms with Crippen LogP contribution in [0.15, 0.2) is 29.3 Å². The average Bonchev–Trinajstić information content (AvgIpc) is 2.83. The highest BCUT2D eigenvalue weighted by atomic mass is 16.5. The lowest BCUT2D eigenvalue weighted by molar-refractivity contribution is 0.304. The number of anilines is 3. The number of guanidine groups is 1. The molecule has 2 heterocycles. The predicted octanol–water partition coefficient (Wildman–Crippen LogP) is 4.58. The fraction of sp³-hybridized carbons (Fsp3) is 0.440. The van der Waals surface area contributed by atoms with Gasteiger partial charge in [0.05, 0.1) is 12.3 Å². The van der Waals surface area contributed by atoms with Gasteiger partial charge in [-0.1, -0.05) is 64.0 Å². The number of fused-ring (bicyclic) bond motifs is 1. The zero-order valence-electron chi connectivity index (χ0n) is 19.6. The van der Waals surface area contributed by atoms with Crippen molar-refractivity contribution in [2.45, 2.75) is 64.3 Å². The Kier molecular flexibility index (Phi) is 8.93. The molecule has 1 unspecified atom stereocenters. The summed E-state index contributed by atoms with van der Waals surface area (Å²) in [6.07, 6.45) is 11.9. The van der Waals surface area contributed by atoms with Crippen molar-refractivity contribution in [3.05, 3.63) is 41.0 Å². The second kappa shape index (κ2) is 12.3. The van der Waals surface area contributed by atoms with Crippen molar-refractivity contribution in [1.29, 1.82) is 10.5 Å². The third-order valence-corrected chi connectivity index (χ3v) is 5.82. The van der Waals surface area contributed by atoms with Gasteiger partial charge in [-0.05, 0) is 24.1 Å². The van der Waals surface area contributed by atoms with Gasteiger partial charge in [0.25, 0.3) is 0 Å². The van der Waals surface area contributed by atoms with Crippen LogP contribution in [0, 0.1) is 22.8 Å². The van der Waals surface area contributed by atoms with Crippen LogP contribution in [0.3, 0.4) is 0 Å². The Morgan fingerprint density at radius 3 is 2.35 bits per heavy atom. The maximum Gasteiger partial charge on any atom is 0.211 e. The predicted molar refractivity (Wildman–Crippen MR) is 134 cm³/mol. The van der Waals surface area contributed by atoms with Gasteiger partial charge in [0.2, 0.25) is 5.96 Å². The zero-order valence-corrected chi connectivity index (χ0v) is 19.6. The van der Waals surface area contributed by atoms with E-state index in [0.717, 1.165) is 17.7 Å². The van der Waals surface area contributed by atoms with Crippen LogP contribution in [-0.4, -0.2) is 17.6 Å². The largest absolute Gasteiger partial charge is 0.494 e. The summed E-state index contributed by atoms with van der Waals surface area (Å²) in [5, 5.41) is 23.9. The number of nitrogens with zero attached hydrogens (tertiary/aromatic N) is 4. The number of benzene rings is 1. The molecule has 1 aromatic carbocycles. The van der Waals surface area contributed by atoms with Crippen molar-refractivity contribution in [1.82, 2.24) is 10.3 Å². The summed E-state index contributed by atoms with van der Waals surface area (Å²) >= 11 is 0. The summed E-state index contributed by atoms with van der Waals surface area (Å²) in [5.74, 6) is 1.39. The minimum atomic E-state index is -0.561. The SMILES string of the molecule is CCCCCCCCCCOc1ccc(C2N=C(NC#N)Nc3nc(N)c(C#N)c(N)c32)cc1. The quantitative estimate of drug-likeness (QED) is 0.215. The zero-order chi connectivity index (χ0) is 24.3. The summed E-state index contributed by atoms with van der Waals surface area (Å²) < 4.78 is 5.90. The van der Waals surface area contributed by atoms with Gasteiger partial charge in [0, 0.05) is 5.56 Å². The van der Waals surface area contributed by atoms with Gasteiger partial charge in [0.15, 0.2) is 6.19 Å². The number of aliphatic imine (C=N–C) groups is 1. The molecule has 3 rings (SSSR count). The highest BCUT2D eigenvalue weighted by Gasteiger charge is 2.29. The number of pyridine rings is 1. The summed E-state index contributed by atoms with van der Waals surface area (Å²) in [4.78, 5) is 8.83. The van der Waals surface area contributed by atoms with E-state index in [4.69, 9.17) is 21.5 Å². The number of nitrogen functional groups attached to an aromatic ring is 2. The van der Waals surface area contributed by atoms with Crippen molar-refractivity contribution < 1.29 is 4.74 Å². The molecule has 0 amide bonds. The molecule has 0 radical (unpaired) electrons. The van der Waals surface area contributed by atoms with E-state index in [1.54, 1.807) is 0 Å². The Morgan fingerprint density at radius 2 is 1.71 bits per heavy atom. The molecule has 9 heteroatoms. The van der Waals surface area contributed by atoms with Gasteiger partial charge in [-0.3, -0.25) is 5.32 Å². The van der Waals surface area contributed by atoms with E-state index < -0.39 is 6.04 Å². The molecule has 0 saturated carbocycles. The number of rotatable bonds is 11. The normalized spacial score (nSPS) is 14.2. The maximum absolute atomic E-state index is 9.44. The number of unbranched alkanes of at least 4 members (excludes halogenated alkanes) is 7. The standard InChI is InChI=1S/C25H32N8O/c1-2-3-4-5-6-7-8-9-14-34-18-12-10-17(11-13-18)22-20-21(28)19(15-26)23(29)32-24(20)33-25(31-22)30-16-27/h10-13,22H,2-9,14H2,1H3,(H6,28,29,30,31,32,33). The molecule has 6 N–H and O–H groups in total. The van der Waals surface area contributed by atoms with Gasteiger partial charge < -0.3 is 21.5 Å². The Balaban J connectivity index is 1.66. The van der Waals surface area contributed by atoms with E-state index in [9.17, 15) is 5.26 Å². The van der Waals surface area contributed by atoms with Crippen LogP contribution < -0.4 is 26.8 Å². The third-order valence-electron chi connectivity index (χ3n) is 5.82. The van der Waals surface area contributed by atoms with Crippen molar-refractivity contribution in [3.8, 4) is 18.0 Å². The molecule has 0 bridgehead atoms. The van der Waals surface area contributed by atoms with Gasteiger partial charge >= 0.3 is 0 Å². The van der Waals surface area contributed by atoms with Crippen LogP contribution in [0.25, 0.3) is 0 Å². The Bertz CT molecular complexity index is 1080. The van der Waals surface area contributed by atoms with Gasteiger partial charge in [-0.15, -0.1) is 0 Å². The third kappa shape index (κ3) is 6.08. The van der Waals surface area contributed by atoms with E-state index in [2.05, 4.69) is 27.5 Å². The maximum atomic E-state index is 9.44. The van der Waals surface area contributed by atoms with Crippen LogP contribution in [-0.2, 0) is 0 Å². The number of nitrogens with one attached hydrogen (secondary N) is 2. The first-order valence-electron chi connectivity index (χ1n) is 11.8. The first-order valence-corrected chi connectivity index (χ1v) is 11.8. The Labute approximate surface area is 200 Å². The summed E-state index contributed by atoms with van der Waals surface area (Å²) in [5.41, 5.74) is 13.9. The van der Waals surface area contributed by atoms with Crippen LogP contribution in [0.2, 0.25) is 0 Å². The first-order chi connectivity index (χ1) is 16.6. The molecule has 0 saturated heterocycles. The van der Waals surface area contributed by atoms with Gasteiger partial charge in [0.1, 0.15) is 35.1 Å². The lowest BCUT2D eigenvalue weighted by Crippen LogP contribution is -2.32. The van der Waals surface area contributed by atoms with Crippen LogP contribution >= 0.6 is 0 Å². The number of hydrogen-bond donors (Lipinski definition) is 4. The number of nitriles is 2. The number of hydrogen-bond acceptors (Lipinski definition) is 9. The smallest absolute Gasteiger partial charge is 0.211 e. The molecule has 1 atom stereocenters. The molecule has 1 aliphatic rings. The van der Waals surface area contributed by atoms with E-state index >= 15 is 0 Å². The topological polar surface area (TPSA) is 158 Å². The Morgan fingerprint density at radius 1 is 1.03 bits per heavy atom. The highest BCUT2D eigenvalue weighted by molar-refractivity contribution is 5.98. The molecular formula is C25H32N8O. The molecular weight excluding hydrogens is 428 g/mol. The summed E-state index contributed by atoms with van der Waals surface area (Å²) in [7, 11) is 0. The van der Waals surface area contributed by atoms with Gasteiger partial charge in [-0.25, -0.2) is 9.98 Å². The van der Waals surface area contributed by atoms with Crippen LogP contribution in [0.4, 0.5) is 17.3 Å². The average molecular weight is 461 g/mol. The molecule has 0 spiro atoms. The van der Waals surface area contributed by atoms with Crippen molar-refractivity contribution in [3.63, 3.8) is 0 Å². The highest BCUT2D eigenvalue weighted by Crippen LogP contribution is 2.40. The molecule has 1 aromatic heterocycles. The summed E-state index contributed by atoms with van der Waals surface area (Å²) in [6.45, 7) is 2.92. The molecule has 9 nitrogen and oxygen atoms in total. The van der Waals surface area contributed by atoms with E-state index in [1.807, 2.05) is 36.5 Å². The van der Waals surface area contributed by atoms with Crippen molar-refractivity contribution in [2.24, 2.45) is 4.99 Å².